The molecule has 0 heterocycles. The van der Waals surface area contributed by atoms with Crippen molar-refractivity contribution < 1.29 is 13.9 Å². The third-order valence-electron chi connectivity index (χ3n) is 1.57. The van der Waals surface area contributed by atoms with Gasteiger partial charge in [-0.05, 0) is 23.8 Å². The quantitative estimate of drug-likeness (QED) is 0.463. The van der Waals surface area contributed by atoms with E-state index >= 15 is 0 Å². The molecule has 0 spiro atoms. The topological polar surface area (TPSA) is 26.3 Å². The number of carbonyl (C=O) groups excluding carboxylic acids is 1. The second-order valence-corrected chi connectivity index (χ2v) is 3.09. The van der Waals surface area contributed by atoms with Gasteiger partial charge in [0.05, 0.1) is 7.11 Å². The van der Waals surface area contributed by atoms with Crippen molar-refractivity contribution in [1.82, 2.24) is 0 Å². The van der Waals surface area contributed by atoms with Crippen molar-refractivity contribution in [1.29, 1.82) is 0 Å². The molecule has 4 heteroatoms. The van der Waals surface area contributed by atoms with Gasteiger partial charge in [-0.1, -0.05) is 12.1 Å². The van der Waals surface area contributed by atoms with Gasteiger partial charge in [0.25, 0.3) is 0 Å². The Morgan fingerprint density at radius 1 is 1.43 bits per heavy atom. The Bertz CT molecular complexity index is 357. The minimum Gasteiger partial charge on any atom is -0.464 e. The Morgan fingerprint density at radius 3 is 2.50 bits per heavy atom. The maximum atomic E-state index is 13.0. The van der Waals surface area contributed by atoms with Crippen LogP contribution in [0.5, 0.6) is 0 Å². The van der Waals surface area contributed by atoms with Crippen LogP contribution in [-0.2, 0) is 9.53 Å². The molecule has 1 aromatic rings. The van der Waals surface area contributed by atoms with Gasteiger partial charge in [-0.15, -0.1) is 12.6 Å². The van der Waals surface area contributed by atoms with E-state index in [2.05, 4.69) is 17.4 Å². The van der Waals surface area contributed by atoms with Crippen molar-refractivity contribution in [3.8, 4) is 0 Å². The first-order valence-corrected chi connectivity index (χ1v) is 4.33. The van der Waals surface area contributed by atoms with Crippen LogP contribution in [0.25, 0.3) is 6.08 Å². The molecule has 1 aromatic carbocycles. The summed E-state index contributed by atoms with van der Waals surface area (Å²) in [4.78, 5) is 11.5. The SMILES string of the molecule is COC(=O)/C(F)=C/c1ccc(S)cc1. The molecule has 0 aliphatic rings. The fraction of sp³-hybridized carbons (Fsp3) is 0.100. The van der Waals surface area contributed by atoms with Crippen molar-refractivity contribution in [2.24, 2.45) is 0 Å². The summed E-state index contributed by atoms with van der Waals surface area (Å²) < 4.78 is 17.2. The Kier molecular flexibility index (Phi) is 3.71. The predicted molar refractivity (Wildman–Crippen MR) is 54.8 cm³/mol. The summed E-state index contributed by atoms with van der Waals surface area (Å²) in [7, 11) is 1.13. The summed E-state index contributed by atoms with van der Waals surface area (Å²) in [6, 6.07) is 6.73. The zero-order valence-electron chi connectivity index (χ0n) is 7.53. The van der Waals surface area contributed by atoms with Crippen molar-refractivity contribution in [2.45, 2.75) is 4.90 Å². The molecule has 0 fully saturated rings. The van der Waals surface area contributed by atoms with E-state index in [1.807, 2.05) is 0 Å². The van der Waals surface area contributed by atoms with E-state index in [9.17, 15) is 9.18 Å². The molecular formula is C10H9FO2S. The van der Waals surface area contributed by atoms with Crippen molar-refractivity contribution in [3.05, 3.63) is 35.7 Å². The molecule has 14 heavy (non-hydrogen) atoms. The van der Waals surface area contributed by atoms with Gasteiger partial charge >= 0.3 is 5.97 Å². The first-order chi connectivity index (χ1) is 6.63. The van der Waals surface area contributed by atoms with E-state index in [1.54, 1.807) is 24.3 Å². The summed E-state index contributed by atoms with van der Waals surface area (Å²) in [5.74, 6) is -1.89. The minimum absolute atomic E-state index is 0.589. The number of benzene rings is 1. The van der Waals surface area contributed by atoms with Crippen LogP contribution in [-0.4, -0.2) is 13.1 Å². The second kappa shape index (κ2) is 4.81. The third-order valence-corrected chi connectivity index (χ3v) is 1.87. The van der Waals surface area contributed by atoms with Crippen LogP contribution in [0.3, 0.4) is 0 Å². The van der Waals surface area contributed by atoms with E-state index in [1.165, 1.54) is 0 Å². The van der Waals surface area contributed by atoms with Gasteiger partial charge in [0.15, 0.2) is 0 Å². The Balaban J connectivity index is 2.86. The van der Waals surface area contributed by atoms with Gasteiger partial charge in [0.2, 0.25) is 5.83 Å². The lowest BCUT2D eigenvalue weighted by Gasteiger charge is -1.96. The maximum Gasteiger partial charge on any atom is 0.366 e. The Hall–Kier alpha value is -1.29. The van der Waals surface area contributed by atoms with E-state index in [0.717, 1.165) is 18.1 Å². The molecule has 0 radical (unpaired) electrons. The summed E-state index contributed by atoms with van der Waals surface area (Å²) in [6.45, 7) is 0. The summed E-state index contributed by atoms with van der Waals surface area (Å²) in [5.41, 5.74) is 0.589. The third kappa shape index (κ3) is 2.88. The molecule has 0 aliphatic heterocycles. The lowest BCUT2D eigenvalue weighted by atomic mass is 10.2. The van der Waals surface area contributed by atoms with Crippen molar-refractivity contribution >= 4 is 24.7 Å². The molecule has 0 amide bonds. The highest BCUT2D eigenvalue weighted by Crippen LogP contribution is 2.12. The first kappa shape index (κ1) is 10.8. The van der Waals surface area contributed by atoms with E-state index in [4.69, 9.17) is 0 Å². The zero-order chi connectivity index (χ0) is 10.6. The highest BCUT2D eigenvalue weighted by atomic mass is 32.1. The van der Waals surface area contributed by atoms with Crippen LogP contribution in [0.4, 0.5) is 4.39 Å². The highest BCUT2D eigenvalue weighted by molar-refractivity contribution is 7.80. The number of thiol groups is 1. The monoisotopic (exact) mass is 212 g/mol. The molecule has 0 aliphatic carbocycles. The molecule has 74 valence electrons. The number of methoxy groups -OCH3 is 1. The van der Waals surface area contributed by atoms with Gasteiger partial charge in [-0.25, -0.2) is 4.79 Å². The number of esters is 1. The van der Waals surface area contributed by atoms with Gasteiger partial charge < -0.3 is 4.74 Å². The molecule has 0 N–H and O–H groups in total. The molecule has 0 bridgehead atoms. The molecule has 1 rings (SSSR count). The summed E-state index contributed by atoms with van der Waals surface area (Å²) >= 11 is 4.08. The second-order valence-electron chi connectivity index (χ2n) is 2.58. The number of carbonyl (C=O) groups is 1. The molecule has 0 aromatic heterocycles. The normalized spacial score (nSPS) is 11.2. The first-order valence-electron chi connectivity index (χ1n) is 3.88. The largest absolute Gasteiger partial charge is 0.464 e. The average Bonchev–Trinajstić information content (AvgIpc) is 2.20. The highest BCUT2D eigenvalue weighted by Gasteiger charge is 2.07. The van der Waals surface area contributed by atoms with Crippen LogP contribution in [0, 0.1) is 0 Å². The summed E-state index contributed by atoms with van der Waals surface area (Å²) in [5, 5.41) is 0. The Labute approximate surface area is 86.8 Å². The fourth-order valence-corrected chi connectivity index (χ4v) is 1.02. The molecule has 0 atom stereocenters. The zero-order valence-corrected chi connectivity index (χ0v) is 8.42. The molecular weight excluding hydrogens is 203 g/mol. The van der Waals surface area contributed by atoms with Gasteiger partial charge in [0, 0.05) is 4.90 Å². The molecule has 0 saturated carbocycles. The number of halogens is 1. The van der Waals surface area contributed by atoms with Crippen LogP contribution in [0.2, 0.25) is 0 Å². The maximum absolute atomic E-state index is 13.0. The average molecular weight is 212 g/mol. The van der Waals surface area contributed by atoms with Gasteiger partial charge in [0.1, 0.15) is 0 Å². The van der Waals surface area contributed by atoms with Gasteiger partial charge in [-0.3, -0.25) is 0 Å². The number of hydrogen-bond donors (Lipinski definition) is 1. The van der Waals surface area contributed by atoms with Crippen LogP contribution < -0.4 is 0 Å². The van der Waals surface area contributed by atoms with Crippen molar-refractivity contribution in [2.75, 3.05) is 7.11 Å². The van der Waals surface area contributed by atoms with Crippen molar-refractivity contribution in [3.63, 3.8) is 0 Å². The number of hydrogen-bond acceptors (Lipinski definition) is 3. The number of rotatable bonds is 2. The van der Waals surface area contributed by atoms with Crippen LogP contribution in [0.15, 0.2) is 35.0 Å². The fourth-order valence-electron chi connectivity index (χ4n) is 0.873. The lowest BCUT2D eigenvalue weighted by molar-refractivity contribution is -0.137. The van der Waals surface area contributed by atoms with E-state index in [0.29, 0.717) is 5.56 Å². The number of ether oxygens (including phenoxy) is 1. The smallest absolute Gasteiger partial charge is 0.366 e. The van der Waals surface area contributed by atoms with E-state index in [-0.39, 0.29) is 0 Å². The van der Waals surface area contributed by atoms with E-state index < -0.39 is 11.8 Å². The minimum atomic E-state index is -0.972. The molecule has 0 unspecified atom stereocenters. The molecule has 0 saturated heterocycles. The van der Waals surface area contributed by atoms with Crippen LogP contribution >= 0.6 is 12.6 Å². The lowest BCUT2D eigenvalue weighted by Crippen LogP contribution is -1.99. The van der Waals surface area contributed by atoms with Gasteiger partial charge in [-0.2, -0.15) is 4.39 Å². The standard InChI is InChI=1S/C10H9FO2S/c1-13-10(12)9(11)6-7-2-4-8(14)5-3-7/h2-6,14H,1H3/b9-6-. The van der Waals surface area contributed by atoms with Crippen LogP contribution in [0.1, 0.15) is 5.56 Å². The molecule has 2 nitrogen and oxygen atoms in total. The summed E-state index contributed by atoms with van der Waals surface area (Å²) in [6.07, 6.45) is 1.11. The Morgan fingerprint density at radius 2 is 2.00 bits per heavy atom. The predicted octanol–water partition coefficient (Wildman–Crippen LogP) is 2.46.